The monoisotopic (exact) mass is 264 g/mol. The summed E-state index contributed by atoms with van der Waals surface area (Å²) in [5.41, 5.74) is -1.47. The van der Waals surface area contributed by atoms with Crippen molar-refractivity contribution in [1.82, 2.24) is 0 Å². The lowest BCUT2D eigenvalue weighted by atomic mass is 9.46. The van der Waals surface area contributed by atoms with Crippen molar-refractivity contribution in [3.8, 4) is 0 Å². The summed E-state index contributed by atoms with van der Waals surface area (Å²) < 4.78 is 0. The van der Waals surface area contributed by atoms with Gasteiger partial charge in [0.25, 0.3) is 0 Å². The lowest BCUT2D eigenvalue weighted by molar-refractivity contribution is -0.166. The Bertz CT molecular complexity index is 390. The second-order valence-electron chi connectivity index (χ2n) is 7.52. The van der Waals surface area contributed by atoms with E-state index in [-0.39, 0.29) is 11.2 Å². The van der Waals surface area contributed by atoms with Gasteiger partial charge in [0.1, 0.15) is 5.41 Å². The predicted octanol–water partition coefficient (Wildman–Crippen LogP) is 3.27. The third kappa shape index (κ3) is 1.77. The van der Waals surface area contributed by atoms with Crippen LogP contribution in [-0.4, -0.2) is 16.9 Å². The topological polar surface area (TPSA) is 54.4 Å². The fourth-order valence-electron chi connectivity index (χ4n) is 5.38. The van der Waals surface area contributed by atoms with Gasteiger partial charge in [-0.25, -0.2) is 0 Å². The summed E-state index contributed by atoms with van der Waals surface area (Å²) in [7, 11) is 0. The molecule has 0 aromatic heterocycles. The Morgan fingerprint density at radius 3 is 1.84 bits per heavy atom. The highest BCUT2D eigenvalue weighted by Crippen LogP contribution is 2.61. The molecule has 0 aromatic carbocycles. The van der Waals surface area contributed by atoms with Crippen molar-refractivity contribution < 1.29 is 14.7 Å². The van der Waals surface area contributed by atoms with Crippen molar-refractivity contribution >= 4 is 11.8 Å². The summed E-state index contributed by atoms with van der Waals surface area (Å²) in [5.74, 6) is 1.16. The van der Waals surface area contributed by atoms with Gasteiger partial charge < -0.3 is 5.11 Å². The number of Topliss-reactive ketones (excluding diaryl/α,β-unsaturated/α-hetero) is 1. The van der Waals surface area contributed by atoms with Gasteiger partial charge in [0, 0.05) is 5.41 Å². The lowest BCUT2D eigenvalue weighted by Crippen LogP contribution is -2.55. The molecule has 0 heterocycles. The molecule has 4 saturated carbocycles. The first-order valence-corrected chi connectivity index (χ1v) is 7.68. The fourth-order valence-corrected chi connectivity index (χ4v) is 5.38. The molecule has 4 aliphatic rings. The van der Waals surface area contributed by atoms with E-state index in [0.717, 1.165) is 19.3 Å². The molecule has 19 heavy (non-hydrogen) atoms. The van der Waals surface area contributed by atoms with Crippen molar-refractivity contribution in [2.45, 2.75) is 58.8 Å². The molecular formula is C16H24O3. The summed E-state index contributed by atoms with van der Waals surface area (Å²) in [6.45, 7) is 3.46. The maximum Gasteiger partial charge on any atom is 0.316 e. The molecule has 0 radical (unpaired) electrons. The molecule has 4 fully saturated rings. The van der Waals surface area contributed by atoms with Crippen LogP contribution in [0.15, 0.2) is 0 Å². The minimum atomic E-state index is -1.17. The van der Waals surface area contributed by atoms with E-state index in [2.05, 4.69) is 0 Å². The molecule has 0 spiro atoms. The average Bonchev–Trinajstić information content (AvgIpc) is 2.35. The summed E-state index contributed by atoms with van der Waals surface area (Å²) in [6.07, 6.45) is 7.12. The Labute approximate surface area is 114 Å². The van der Waals surface area contributed by atoms with Crippen LogP contribution in [0.2, 0.25) is 0 Å². The zero-order valence-electron chi connectivity index (χ0n) is 11.9. The predicted molar refractivity (Wildman–Crippen MR) is 71.6 cm³/mol. The van der Waals surface area contributed by atoms with E-state index in [9.17, 15) is 14.7 Å². The molecule has 1 N–H and O–H groups in total. The number of carboxylic acid groups (broad SMARTS) is 1. The van der Waals surface area contributed by atoms with Gasteiger partial charge in [0.15, 0.2) is 5.78 Å². The first-order chi connectivity index (χ1) is 8.89. The van der Waals surface area contributed by atoms with Gasteiger partial charge in [-0.15, -0.1) is 0 Å². The molecule has 106 valence electrons. The maximum atomic E-state index is 13.0. The molecular weight excluding hydrogens is 240 g/mol. The number of rotatable bonds is 4. The van der Waals surface area contributed by atoms with Crippen molar-refractivity contribution in [3.63, 3.8) is 0 Å². The number of aliphatic carboxylic acids is 1. The van der Waals surface area contributed by atoms with E-state index in [0.29, 0.717) is 24.2 Å². The van der Waals surface area contributed by atoms with Gasteiger partial charge in [-0.2, -0.15) is 0 Å². The Balaban J connectivity index is 1.93. The zero-order chi connectivity index (χ0) is 13.8. The van der Waals surface area contributed by atoms with Crippen LogP contribution >= 0.6 is 0 Å². The van der Waals surface area contributed by atoms with Crippen molar-refractivity contribution in [2.75, 3.05) is 0 Å². The second kappa shape index (κ2) is 4.07. The first-order valence-electron chi connectivity index (χ1n) is 7.68. The van der Waals surface area contributed by atoms with Crippen LogP contribution in [-0.2, 0) is 9.59 Å². The number of carboxylic acids is 1. The van der Waals surface area contributed by atoms with Gasteiger partial charge in [0.2, 0.25) is 0 Å². The van der Waals surface area contributed by atoms with Crippen LogP contribution in [0.3, 0.4) is 0 Å². The molecule has 4 aliphatic carbocycles. The fraction of sp³-hybridized carbons (Fsp3) is 0.875. The van der Waals surface area contributed by atoms with E-state index < -0.39 is 11.4 Å². The van der Waals surface area contributed by atoms with Crippen LogP contribution in [0.4, 0.5) is 0 Å². The third-order valence-corrected chi connectivity index (χ3v) is 6.20. The lowest BCUT2D eigenvalue weighted by Gasteiger charge is -2.57. The Hall–Kier alpha value is -0.860. The summed E-state index contributed by atoms with van der Waals surface area (Å²) in [6, 6.07) is 0. The third-order valence-electron chi connectivity index (χ3n) is 6.20. The van der Waals surface area contributed by atoms with Gasteiger partial charge in [0.05, 0.1) is 0 Å². The number of carbonyl (C=O) groups excluding carboxylic acids is 1. The Morgan fingerprint density at radius 1 is 1.11 bits per heavy atom. The van der Waals surface area contributed by atoms with Crippen LogP contribution in [0.1, 0.15) is 58.8 Å². The molecule has 1 atom stereocenters. The smallest absolute Gasteiger partial charge is 0.316 e. The molecule has 0 saturated heterocycles. The molecule has 0 amide bonds. The molecule has 0 aromatic rings. The minimum absolute atomic E-state index is 0.0362. The normalized spacial score (nSPS) is 42.9. The van der Waals surface area contributed by atoms with Crippen LogP contribution in [0.25, 0.3) is 0 Å². The molecule has 0 aliphatic heterocycles. The summed E-state index contributed by atoms with van der Waals surface area (Å²) in [5, 5.41) is 9.48. The number of hydrogen-bond acceptors (Lipinski definition) is 2. The van der Waals surface area contributed by atoms with E-state index >= 15 is 0 Å². The number of hydrogen-bond donors (Lipinski definition) is 1. The van der Waals surface area contributed by atoms with Crippen molar-refractivity contribution in [2.24, 2.45) is 28.6 Å². The molecule has 3 heteroatoms. The Morgan fingerprint density at radius 2 is 1.53 bits per heavy atom. The van der Waals surface area contributed by atoms with Crippen molar-refractivity contribution in [3.05, 3.63) is 0 Å². The van der Waals surface area contributed by atoms with Crippen LogP contribution < -0.4 is 0 Å². The van der Waals surface area contributed by atoms with Crippen LogP contribution in [0, 0.1) is 28.6 Å². The highest BCUT2D eigenvalue weighted by molar-refractivity contribution is 6.05. The van der Waals surface area contributed by atoms with E-state index in [1.807, 2.05) is 6.92 Å². The average molecular weight is 264 g/mol. The maximum absolute atomic E-state index is 13.0. The summed E-state index contributed by atoms with van der Waals surface area (Å²) >= 11 is 0. The molecule has 1 unspecified atom stereocenters. The largest absolute Gasteiger partial charge is 0.481 e. The Kier molecular flexibility index (Phi) is 2.81. The van der Waals surface area contributed by atoms with Gasteiger partial charge >= 0.3 is 5.97 Å². The van der Waals surface area contributed by atoms with Crippen LogP contribution in [0.5, 0.6) is 0 Å². The number of ketones is 1. The minimum Gasteiger partial charge on any atom is -0.481 e. The van der Waals surface area contributed by atoms with Gasteiger partial charge in [-0.05, 0) is 69.6 Å². The summed E-state index contributed by atoms with van der Waals surface area (Å²) in [4.78, 5) is 24.6. The second-order valence-corrected chi connectivity index (χ2v) is 7.52. The molecule has 4 rings (SSSR count). The molecule has 3 nitrogen and oxygen atoms in total. The SMILES string of the molecule is CCC(C)(C(=O)O)C(=O)C12CC3CC(CC(C3)C1)C2. The first kappa shape index (κ1) is 13.1. The van der Waals surface area contributed by atoms with Gasteiger partial charge in [-0.1, -0.05) is 6.92 Å². The zero-order valence-corrected chi connectivity index (χ0v) is 11.9. The van der Waals surface area contributed by atoms with Crippen molar-refractivity contribution in [1.29, 1.82) is 0 Å². The van der Waals surface area contributed by atoms with E-state index in [1.165, 1.54) is 19.3 Å². The highest BCUT2D eigenvalue weighted by Gasteiger charge is 2.59. The van der Waals surface area contributed by atoms with Gasteiger partial charge in [-0.3, -0.25) is 9.59 Å². The molecule has 4 bridgehead atoms. The quantitative estimate of drug-likeness (QED) is 0.793. The standard InChI is InChI=1S/C16H24O3/c1-3-15(2,14(18)19)13(17)16-7-10-4-11(8-16)6-12(5-10)9-16/h10-12H,3-9H2,1-2H3,(H,18,19). The van der Waals surface area contributed by atoms with E-state index in [4.69, 9.17) is 0 Å². The van der Waals surface area contributed by atoms with E-state index in [1.54, 1.807) is 6.92 Å². The highest BCUT2D eigenvalue weighted by atomic mass is 16.4. The number of carbonyl (C=O) groups is 2.